The molecule has 1 aromatic carbocycles. The van der Waals surface area contributed by atoms with Crippen LogP contribution >= 0.6 is 0 Å². The third-order valence-electron chi connectivity index (χ3n) is 3.37. The van der Waals surface area contributed by atoms with Gasteiger partial charge >= 0.3 is 0 Å². The summed E-state index contributed by atoms with van der Waals surface area (Å²) in [5.41, 5.74) is 1.56. The second-order valence-electron chi connectivity index (χ2n) is 4.71. The number of methoxy groups -OCH3 is 1. The van der Waals surface area contributed by atoms with Gasteiger partial charge in [0.15, 0.2) is 9.84 Å². The van der Waals surface area contributed by atoms with Crippen LogP contribution < -0.4 is 9.64 Å². The minimum atomic E-state index is -2.91. The van der Waals surface area contributed by atoms with Crippen molar-refractivity contribution in [1.29, 1.82) is 0 Å². The highest BCUT2D eigenvalue weighted by Crippen LogP contribution is 2.35. The second kappa shape index (κ2) is 5.38. The summed E-state index contributed by atoms with van der Waals surface area (Å²) in [4.78, 5) is 1.99. The molecule has 6 heteroatoms. The van der Waals surface area contributed by atoms with Crippen molar-refractivity contribution in [2.24, 2.45) is 0 Å². The van der Waals surface area contributed by atoms with Gasteiger partial charge in [0.05, 0.1) is 24.7 Å². The topological polar surface area (TPSA) is 66.8 Å². The summed E-state index contributed by atoms with van der Waals surface area (Å²) in [5, 5.41) is 9.92. The number of hydrogen-bond donors (Lipinski definition) is 1. The lowest BCUT2D eigenvalue weighted by molar-refractivity contribution is 0.194. The summed E-state index contributed by atoms with van der Waals surface area (Å²) in [7, 11) is -1.35. The molecule has 0 saturated carbocycles. The van der Waals surface area contributed by atoms with Crippen molar-refractivity contribution in [3.8, 4) is 5.75 Å². The van der Waals surface area contributed by atoms with Gasteiger partial charge in [0.25, 0.3) is 0 Å². The fourth-order valence-corrected chi connectivity index (χ4v) is 3.56. The number of aliphatic hydroxyl groups is 1. The number of rotatable bonds is 3. The Hall–Kier alpha value is -1.27. The van der Waals surface area contributed by atoms with E-state index < -0.39 is 15.9 Å². The van der Waals surface area contributed by atoms with Crippen LogP contribution in [0.3, 0.4) is 0 Å². The molecule has 0 radical (unpaired) electrons. The van der Waals surface area contributed by atoms with E-state index >= 15 is 0 Å². The lowest BCUT2D eigenvalue weighted by Crippen LogP contribution is -2.40. The maximum Gasteiger partial charge on any atom is 0.153 e. The van der Waals surface area contributed by atoms with Gasteiger partial charge in [-0.25, -0.2) is 8.42 Å². The van der Waals surface area contributed by atoms with Crippen LogP contribution in [-0.4, -0.2) is 45.2 Å². The van der Waals surface area contributed by atoms with E-state index in [9.17, 15) is 13.5 Å². The Bertz CT molecular complexity index is 540. The molecule has 2 rings (SSSR count). The monoisotopic (exact) mass is 285 g/mol. The second-order valence-corrected chi connectivity index (χ2v) is 7.01. The first kappa shape index (κ1) is 14.1. The largest absolute Gasteiger partial charge is 0.496 e. The first-order chi connectivity index (χ1) is 8.94. The molecular weight excluding hydrogens is 266 g/mol. The molecule has 5 nitrogen and oxygen atoms in total. The fourth-order valence-electron chi connectivity index (χ4n) is 2.36. The Morgan fingerprint density at radius 1 is 1.32 bits per heavy atom. The van der Waals surface area contributed by atoms with Crippen LogP contribution in [0.5, 0.6) is 5.75 Å². The maximum atomic E-state index is 11.5. The van der Waals surface area contributed by atoms with Crippen LogP contribution in [-0.2, 0) is 9.84 Å². The lowest BCUT2D eigenvalue weighted by Gasteiger charge is -2.31. The van der Waals surface area contributed by atoms with Crippen LogP contribution in [0.4, 0.5) is 5.69 Å². The molecule has 106 valence electrons. The predicted molar refractivity (Wildman–Crippen MR) is 74.5 cm³/mol. The highest BCUT2D eigenvalue weighted by Gasteiger charge is 2.25. The van der Waals surface area contributed by atoms with Gasteiger partial charge in [0, 0.05) is 24.3 Å². The third-order valence-corrected chi connectivity index (χ3v) is 4.98. The number of nitrogens with zero attached hydrogens (tertiary/aromatic N) is 1. The van der Waals surface area contributed by atoms with E-state index in [2.05, 4.69) is 0 Å². The molecule has 0 aliphatic carbocycles. The molecule has 0 amide bonds. The highest BCUT2D eigenvalue weighted by atomic mass is 32.2. The number of benzene rings is 1. The molecule has 0 unspecified atom stereocenters. The molecule has 1 aliphatic heterocycles. The SMILES string of the molecule is COc1cccc(N2CCS(=O)(=O)CC2)c1[C@@H](C)O. The fraction of sp³-hybridized carbons (Fsp3) is 0.538. The van der Waals surface area contributed by atoms with Gasteiger partial charge in [-0.3, -0.25) is 0 Å². The van der Waals surface area contributed by atoms with Crippen molar-refractivity contribution in [1.82, 2.24) is 0 Å². The molecule has 1 aromatic rings. The van der Waals surface area contributed by atoms with E-state index in [1.165, 1.54) is 0 Å². The molecule has 0 bridgehead atoms. The lowest BCUT2D eigenvalue weighted by atomic mass is 10.1. The standard InChI is InChI=1S/C13H19NO4S/c1-10(15)13-11(4-3-5-12(13)18-2)14-6-8-19(16,17)9-7-14/h3-5,10,15H,6-9H2,1-2H3/t10-/m1/s1. The maximum absolute atomic E-state index is 11.5. The van der Waals surface area contributed by atoms with Crippen molar-refractivity contribution in [3.05, 3.63) is 23.8 Å². The first-order valence-electron chi connectivity index (χ1n) is 6.25. The third kappa shape index (κ3) is 3.01. The molecule has 0 aromatic heterocycles. The summed E-state index contributed by atoms with van der Waals surface area (Å²) in [6, 6.07) is 5.54. The van der Waals surface area contributed by atoms with Crippen molar-refractivity contribution in [2.75, 3.05) is 36.6 Å². The zero-order valence-corrected chi connectivity index (χ0v) is 12.0. The van der Waals surface area contributed by atoms with E-state index in [0.29, 0.717) is 24.4 Å². The summed E-state index contributed by atoms with van der Waals surface area (Å²) in [6.45, 7) is 2.59. The number of ether oxygens (including phenoxy) is 1. The van der Waals surface area contributed by atoms with Gasteiger partial charge < -0.3 is 14.7 Å². The van der Waals surface area contributed by atoms with Crippen LogP contribution in [0.15, 0.2) is 18.2 Å². The van der Waals surface area contributed by atoms with Crippen molar-refractivity contribution < 1.29 is 18.3 Å². The summed E-state index contributed by atoms with van der Waals surface area (Å²) >= 11 is 0. The molecule has 1 heterocycles. The van der Waals surface area contributed by atoms with Crippen LogP contribution in [0.1, 0.15) is 18.6 Å². The quantitative estimate of drug-likeness (QED) is 0.897. The number of aliphatic hydroxyl groups excluding tert-OH is 1. The zero-order valence-electron chi connectivity index (χ0n) is 11.2. The smallest absolute Gasteiger partial charge is 0.153 e. The van der Waals surface area contributed by atoms with E-state index in [0.717, 1.165) is 5.69 Å². The highest BCUT2D eigenvalue weighted by molar-refractivity contribution is 7.91. The molecule has 1 fully saturated rings. The Balaban J connectivity index is 2.35. The molecular formula is C13H19NO4S. The normalized spacial score (nSPS) is 20.1. The van der Waals surface area contributed by atoms with Gasteiger partial charge in [0.1, 0.15) is 5.75 Å². The minimum absolute atomic E-state index is 0.156. The Kier molecular flexibility index (Phi) is 4.01. The van der Waals surface area contributed by atoms with Gasteiger partial charge in [-0.1, -0.05) is 6.07 Å². The van der Waals surface area contributed by atoms with Gasteiger partial charge in [-0.15, -0.1) is 0 Å². The number of hydrogen-bond acceptors (Lipinski definition) is 5. The van der Waals surface area contributed by atoms with E-state index in [4.69, 9.17) is 4.74 Å². The van der Waals surface area contributed by atoms with Crippen molar-refractivity contribution >= 4 is 15.5 Å². The predicted octanol–water partition coefficient (Wildman–Crippen LogP) is 0.983. The average Bonchev–Trinajstić information content (AvgIpc) is 2.37. The van der Waals surface area contributed by atoms with Crippen LogP contribution in [0.2, 0.25) is 0 Å². The molecule has 0 spiro atoms. The van der Waals surface area contributed by atoms with Crippen LogP contribution in [0, 0.1) is 0 Å². The first-order valence-corrected chi connectivity index (χ1v) is 8.07. The number of anilines is 1. The van der Waals surface area contributed by atoms with Crippen molar-refractivity contribution in [3.63, 3.8) is 0 Å². The zero-order chi connectivity index (χ0) is 14.0. The molecule has 1 saturated heterocycles. The average molecular weight is 285 g/mol. The Morgan fingerprint density at radius 2 is 1.95 bits per heavy atom. The minimum Gasteiger partial charge on any atom is -0.496 e. The van der Waals surface area contributed by atoms with E-state index in [-0.39, 0.29) is 11.5 Å². The number of sulfone groups is 1. The summed E-state index contributed by atoms with van der Waals surface area (Å²) in [6.07, 6.45) is -0.662. The molecule has 1 aliphatic rings. The molecule has 19 heavy (non-hydrogen) atoms. The molecule has 1 N–H and O–H groups in total. The Morgan fingerprint density at radius 3 is 2.47 bits per heavy atom. The summed E-state index contributed by atoms with van der Waals surface area (Å²) < 4.78 is 28.2. The van der Waals surface area contributed by atoms with Crippen LogP contribution in [0.25, 0.3) is 0 Å². The van der Waals surface area contributed by atoms with Gasteiger partial charge in [0.2, 0.25) is 0 Å². The van der Waals surface area contributed by atoms with Gasteiger partial charge in [-0.2, -0.15) is 0 Å². The summed E-state index contributed by atoms with van der Waals surface area (Å²) in [5.74, 6) is 0.938. The van der Waals surface area contributed by atoms with Gasteiger partial charge in [-0.05, 0) is 19.1 Å². The molecule has 1 atom stereocenters. The Labute approximate surface area is 113 Å². The van der Waals surface area contributed by atoms with E-state index in [1.54, 1.807) is 20.1 Å². The van der Waals surface area contributed by atoms with E-state index in [1.807, 2.05) is 17.0 Å². The van der Waals surface area contributed by atoms with Crippen molar-refractivity contribution in [2.45, 2.75) is 13.0 Å².